The van der Waals surface area contributed by atoms with E-state index in [4.69, 9.17) is 11.6 Å². The number of hydrogen-bond donors (Lipinski definition) is 0. The number of rotatable bonds is 2. The van der Waals surface area contributed by atoms with Crippen LogP contribution < -0.4 is 0 Å². The lowest BCUT2D eigenvalue weighted by molar-refractivity contribution is 0.187. The van der Waals surface area contributed by atoms with Crippen molar-refractivity contribution in [2.24, 2.45) is 5.41 Å². The van der Waals surface area contributed by atoms with Crippen molar-refractivity contribution in [2.75, 3.05) is 13.1 Å². The molecular weight excluding hydrogens is 272 g/mol. The van der Waals surface area contributed by atoms with Gasteiger partial charge in [-0.05, 0) is 30.4 Å². The van der Waals surface area contributed by atoms with Crippen LogP contribution in [0.4, 0.5) is 0 Å². The summed E-state index contributed by atoms with van der Waals surface area (Å²) < 4.78 is 26.5. The Hall–Kier alpha value is -0.650. The second-order valence-corrected chi connectivity index (χ2v) is 7.75. The Bertz CT molecular complexity index is 543. The van der Waals surface area contributed by atoms with Gasteiger partial charge in [-0.15, -0.1) is 0 Å². The first-order valence-corrected chi connectivity index (χ1v) is 7.75. The minimum Gasteiger partial charge on any atom is -0.244 e. The van der Waals surface area contributed by atoms with Crippen LogP contribution in [0.15, 0.2) is 23.2 Å². The number of halogens is 1. The highest BCUT2D eigenvalue weighted by Gasteiger charge is 2.34. The van der Waals surface area contributed by atoms with Crippen LogP contribution in [0, 0.1) is 5.41 Å². The molecule has 6 heteroatoms. The summed E-state index contributed by atoms with van der Waals surface area (Å²) in [6.07, 6.45) is 3.37. The van der Waals surface area contributed by atoms with E-state index in [0.717, 1.165) is 12.8 Å². The van der Waals surface area contributed by atoms with Crippen LogP contribution in [0.3, 0.4) is 0 Å². The lowest BCUT2D eigenvalue weighted by Gasteiger charge is -2.37. The van der Waals surface area contributed by atoms with Crippen molar-refractivity contribution in [2.45, 2.75) is 31.6 Å². The summed E-state index contributed by atoms with van der Waals surface area (Å²) in [6.45, 7) is 5.31. The highest BCUT2D eigenvalue weighted by atomic mass is 35.5. The van der Waals surface area contributed by atoms with Crippen molar-refractivity contribution in [1.29, 1.82) is 0 Å². The Morgan fingerprint density at radius 3 is 2.78 bits per heavy atom. The smallest absolute Gasteiger partial charge is 0.243 e. The van der Waals surface area contributed by atoms with Crippen LogP contribution in [0.1, 0.15) is 26.7 Å². The normalized spacial score (nSPS) is 20.8. The van der Waals surface area contributed by atoms with Crippen molar-refractivity contribution >= 4 is 21.6 Å². The van der Waals surface area contributed by atoms with E-state index in [2.05, 4.69) is 18.8 Å². The maximum absolute atomic E-state index is 12.5. The molecule has 1 aromatic rings. The minimum atomic E-state index is -3.45. The van der Waals surface area contributed by atoms with E-state index >= 15 is 0 Å². The molecule has 0 aliphatic carbocycles. The monoisotopic (exact) mass is 288 g/mol. The Morgan fingerprint density at radius 1 is 1.44 bits per heavy atom. The zero-order valence-electron chi connectivity index (χ0n) is 10.6. The van der Waals surface area contributed by atoms with E-state index in [9.17, 15) is 8.42 Å². The first kappa shape index (κ1) is 13.8. The number of hydrogen-bond acceptors (Lipinski definition) is 3. The predicted octanol–water partition coefficient (Wildman–Crippen LogP) is 2.55. The molecule has 1 aliphatic heterocycles. The molecule has 0 aromatic carbocycles. The fourth-order valence-electron chi connectivity index (χ4n) is 2.27. The third-order valence-electron chi connectivity index (χ3n) is 3.20. The molecular formula is C12H17ClN2O2S. The fourth-order valence-corrected chi connectivity index (χ4v) is 4.19. The minimum absolute atomic E-state index is 0.0299. The van der Waals surface area contributed by atoms with Gasteiger partial charge in [-0.25, -0.2) is 13.4 Å². The maximum Gasteiger partial charge on any atom is 0.243 e. The van der Waals surface area contributed by atoms with Crippen LogP contribution in [0.2, 0.25) is 5.15 Å². The lowest BCUT2D eigenvalue weighted by Crippen LogP contribution is -2.43. The molecule has 4 nitrogen and oxygen atoms in total. The summed E-state index contributed by atoms with van der Waals surface area (Å²) in [4.78, 5) is 4.03. The zero-order valence-corrected chi connectivity index (χ0v) is 12.1. The van der Waals surface area contributed by atoms with Gasteiger partial charge in [-0.1, -0.05) is 25.4 Å². The molecule has 1 aliphatic rings. The summed E-state index contributed by atoms with van der Waals surface area (Å²) in [5, 5.41) is 0.201. The van der Waals surface area contributed by atoms with Gasteiger partial charge in [0.2, 0.25) is 10.0 Å². The number of pyridine rings is 1. The van der Waals surface area contributed by atoms with Gasteiger partial charge >= 0.3 is 0 Å². The van der Waals surface area contributed by atoms with Gasteiger partial charge in [-0.2, -0.15) is 4.31 Å². The number of sulfonamides is 1. The van der Waals surface area contributed by atoms with Gasteiger partial charge in [0.25, 0.3) is 0 Å². The Labute approximate surface area is 113 Å². The van der Waals surface area contributed by atoms with E-state index in [1.807, 2.05) is 0 Å². The third kappa shape index (κ3) is 2.84. The largest absolute Gasteiger partial charge is 0.244 e. The fraction of sp³-hybridized carbons (Fsp3) is 0.583. The van der Waals surface area contributed by atoms with Crippen LogP contribution >= 0.6 is 11.6 Å². The number of nitrogens with zero attached hydrogens (tertiary/aromatic N) is 2. The molecule has 0 N–H and O–H groups in total. The summed E-state index contributed by atoms with van der Waals surface area (Å²) in [7, 11) is -3.45. The highest BCUT2D eigenvalue weighted by Crippen LogP contribution is 2.31. The van der Waals surface area contributed by atoms with Gasteiger partial charge in [-0.3, -0.25) is 0 Å². The van der Waals surface area contributed by atoms with E-state index in [1.165, 1.54) is 18.3 Å². The van der Waals surface area contributed by atoms with Crippen molar-refractivity contribution in [3.8, 4) is 0 Å². The molecule has 2 rings (SSSR count). The van der Waals surface area contributed by atoms with E-state index in [-0.39, 0.29) is 15.5 Å². The van der Waals surface area contributed by atoms with Gasteiger partial charge < -0.3 is 0 Å². The maximum atomic E-state index is 12.5. The van der Waals surface area contributed by atoms with Gasteiger partial charge in [0.15, 0.2) is 0 Å². The van der Waals surface area contributed by atoms with Gasteiger partial charge in [0.05, 0.1) is 4.90 Å². The summed E-state index contributed by atoms with van der Waals surface area (Å²) in [5.41, 5.74) is 0.0299. The molecule has 100 valence electrons. The zero-order chi connectivity index (χ0) is 13.4. The molecule has 1 saturated heterocycles. The van der Waals surface area contributed by atoms with Crippen LogP contribution in [0.25, 0.3) is 0 Å². The molecule has 0 spiro atoms. The topological polar surface area (TPSA) is 50.3 Å². The van der Waals surface area contributed by atoms with Crippen molar-refractivity contribution < 1.29 is 8.42 Å². The average Bonchev–Trinajstić information content (AvgIpc) is 2.27. The highest BCUT2D eigenvalue weighted by molar-refractivity contribution is 7.89. The lowest BCUT2D eigenvalue weighted by atomic mass is 9.85. The average molecular weight is 289 g/mol. The molecule has 0 bridgehead atoms. The Morgan fingerprint density at radius 2 is 2.17 bits per heavy atom. The quantitative estimate of drug-likeness (QED) is 0.786. The first-order chi connectivity index (χ1) is 8.31. The summed E-state index contributed by atoms with van der Waals surface area (Å²) in [5.74, 6) is 0. The second kappa shape index (κ2) is 4.79. The predicted molar refractivity (Wildman–Crippen MR) is 71.0 cm³/mol. The molecule has 0 atom stereocenters. The SMILES string of the molecule is CC1(C)CCCN(S(=O)(=O)c2ccnc(Cl)c2)C1. The molecule has 1 aromatic heterocycles. The van der Waals surface area contributed by atoms with Crippen LogP contribution in [-0.2, 0) is 10.0 Å². The Kier molecular flexibility index (Phi) is 3.67. The molecule has 0 radical (unpaired) electrons. The summed E-state index contributed by atoms with van der Waals surface area (Å²) in [6, 6.07) is 2.89. The van der Waals surface area contributed by atoms with Crippen molar-refractivity contribution in [3.05, 3.63) is 23.5 Å². The van der Waals surface area contributed by atoms with Gasteiger partial charge in [0.1, 0.15) is 5.15 Å². The standard InChI is InChI=1S/C12H17ClN2O2S/c1-12(2)5-3-7-15(9-12)18(16,17)10-4-6-14-11(13)8-10/h4,6,8H,3,5,7,9H2,1-2H3. The first-order valence-electron chi connectivity index (χ1n) is 5.93. The molecule has 2 heterocycles. The number of aromatic nitrogens is 1. The van der Waals surface area contributed by atoms with Crippen LogP contribution in [-0.4, -0.2) is 30.8 Å². The van der Waals surface area contributed by atoms with Crippen molar-refractivity contribution in [1.82, 2.24) is 9.29 Å². The molecule has 0 amide bonds. The molecule has 0 unspecified atom stereocenters. The Balaban J connectivity index is 2.31. The second-order valence-electron chi connectivity index (χ2n) is 5.42. The van der Waals surface area contributed by atoms with Crippen molar-refractivity contribution in [3.63, 3.8) is 0 Å². The van der Waals surface area contributed by atoms with E-state index < -0.39 is 10.0 Å². The van der Waals surface area contributed by atoms with Crippen LogP contribution in [0.5, 0.6) is 0 Å². The van der Waals surface area contributed by atoms with E-state index in [1.54, 1.807) is 4.31 Å². The third-order valence-corrected chi connectivity index (χ3v) is 5.25. The molecule has 1 fully saturated rings. The van der Waals surface area contributed by atoms with Gasteiger partial charge in [0, 0.05) is 19.3 Å². The molecule has 0 saturated carbocycles. The summed E-state index contributed by atoms with van der Waals surface area (Å²) >= 11 is 5.75. The molecule has 18 heavy (non-hydrogen) atoms. The van der Waals surface area contributed by atoms with E-state index in [0.29, 0.717) is 13.1 Å². The number of piperidine rings is 1.